The third-order valence-electron chi connectivity index (χ3n) is 12.7. The van der Waals surface area contributed by atoms with Crippen LogP contribution >= 0.6 is 23.2 Å². The SMILES string of the molecule is C1CCCC1.CC(=O)OOC(C)=O.COc1cc(N2CC=C(Oc3ccc(C4CC4)cc3)C2=O)ccc1C=O.COc1cc(N2CC=C(Oc3ccc(C4CC4)cc3)C2=O)ccc1CN1CCCC1.ClCCl.[B-]OC(C)=O.[Na+]. The minimum absolute atomic E-state index is 0. The van der Waals surface area contributed by atoms with Crippen molar-refractivity contribution in [1.29, 1.82) is 0 Å². The van der Waals surface area contributed by atoms with Gasteiger partial charge in [0, 0.05) is 69.5 Å². The van der Waals surface area contributed by atoms with E-state index in [2.05, 4.69) is 57.7 Å². The predicted molar refractivity (Wildman–Crippen MR) is 296 cm³/mol. The van der Waals surface area contributed by atoms with Gasteiger partial charge >= 0.3 is 41.5 Å². The van der Waals surface area contributed by atoms with Crippen LogP contribution in [-0.4, -0.2) is 94.7 Å². The second kappa shape index (κ2) is 34.2. The number of halogens is 2. The molecule has 16 nitrogen and oxygen atoms in total. The largest absolute Gasteiger partial charge is 1.00 e. The van der Waals surface area contributed by atoms with Gasteiger partial charge in [-0.05, 0) is 129 Å². The van der Waals surface area contributed by atoms with Gasteiger partial charge < -0.3 is 41.5 Å². The molecule has 3 radical (unpaired) electrons. The molecule has 0 aromatic heterocycles. The first-order chi connectivity index (χ1) is 37.2. The summed E-state index contributed by atoms with van der Waals surface area (Å²) >= 11 is 9.53. The van der Waals surface area contributed by atoms with Crippen LogP contribution in [0.25, 0.3) is 0 Å². The van der Waals surface area contributed by atoms with E-state index < -0.39 is 17.9 Å². The maximum absolute atomic E-state index is 12.9. The van der Waals surface area contributed by atoms with Crippen LogP contribution in [0.2, 0.25) is 0 Å². The molecule has 0 unspecified atom stereocenters. The summed E-state index contributed by atoms with van der Waals surface area (Å²) in [6, 6.07) is 27.2. The van der Waals surface area contributed by atoms with Crippen molar-refractivity contribution < 1.29 is 91.7 Å². The van der Waals surface area contributed by atoms with Crippen LogP contribution in [0.5, 0.6) is 23.0 Å². The zero-order valence-electron chi connectivity index (χ0n) is 45.5. The van der Waals surface area contributed by atoms with E-state index in [1.165, 1.54) is 95.8 Å². The molecular formula is C58H68BCl2N3NaO13. The molecule has 3 aliphatic heterocycles. The van der Waals surface area contributed by atoms with E-state index in [0.717, 1.165) is 56.8 Å². The molecule has 0 atom stereocenters. The summed E-state index contributed by atoms with van der Waals surface area (Å²) in [7, 11) is 7.51. The number of carbonyl (C=O) groups excluding carboxylic acids is 6. The first kappa shape index (κ1) is 64.7. The number of rotatable bonds is 13. The van der Waals surface area contributed by atoms with Gasteiger partial charge in [-0.3, -0.25) is 24.1 Å². The van der Waals surface area contributed by atoms with Crippen molar-refractivity contribution in [3.63, 3.8) is 0 Å². The molecule has 4 fully saturated rings. The Labute approximate surface area is 491 Å². The van der Waals surface area contributed by atoms with Gasteiger partial charge in [0.2, 0.25) is 5.97 Å². The molecule has 4 aromatic rings. The van der Waals surface area contributed by atoms with Gasteiger partial charge in [-0.15, -0.1) is 23.2 Å². The van der Waals surface area contributed by atoms with Gasteiger partial charge in [-0.2, -0.15) is 0 Å². The number of alkyl halides is 2. The second-order valence-electron chi connectivity index (χ2n) is 18.5. The smallest absolute Gasteiger partial charge is 0.793 e. The molecule has 3 saturated carbocycles. The zero-order chi connectivity index (χ0) is 55.7. The molecule has 4 aromatic carbocycles. The molecule has 0 bridgehead atoms. The molecule has 2 amide bonds. The molecule has 20 heteroatoms. The van der Waals surface area contributed by atoms with E-state index in [-0.39, 0.29) is 46.7 Å². The molecule has 0 spiro atoms. The number of hydrogen-bond donors (Lipinski definition) is 0. The van der Waals surface area contributed by atoms with E-state index in [9.17, 15) is 28.8 Å². The van der Waals surface area contributed by atoms with Crippen molar-refractivity contribution in [2.75, 3.05) is 55.5 Å². The standard InChI is InChI=1S/C25H28N2O3.C21H19NO4.C5H10.C4H6O4.C2H3BO2.CH2Cl2.Na/c1-29-24-16-21(9-6-20(24)17-26-13-2-3-14-26)27-15-12-23(25(27)28)30-22-10-7-19(8-11-22)18-4-5-18;1-25-20-12-17(7-4-16(20)13-23)22-11-10-19(21(22)24)26-18-8-5-15(6-9-18)14-2-3-14;1-2-4-5-3-1;1-3(5)7-8-4(2)6;1-2(4)5-3;2-1-3;/h6-12,16,18H,2-5,13-15,17H2,1H3;4-10,12-14H,2-3,11H2,1H3;1-5H2;1-2H3;1H3;1H2;/q;;;;-1;;+1. The molecule has 3 heterocycles. The Morgan fingerprint density at radius 1 is 0.603 bits per heavy atom. The average molecular weight is 1120 g/mol. The zero-order valence-corrected chi connectivity index (χ0v) is 49.0. The number of likely N-dealkylation sites (tertiary alicyclic amines) is 1. The van der Waals surface area contributed by atoms with Crippen molar-refractivity contribution in [3.8, 4) is 23.0 Å². The average Bonchev–Trinajstić information content (AvgIpc) is 4.25. The van der Waals surface area contributed by atoms with Crippen LogP contribution in [-0.2, 0) is 44.9 Å². The molecular weight excluding hydrogens is 1050 g/mol. The minimum Gasteiger partial charge on any atom is -0.793 e. The quantitative estimate of drug-likeness (QED) is 0.0412. The number of ether oxygens (including phenoxy) is 4. The Bertz CT molecular complexity index is 2630. The third kappa shape index (κ3) is 21.4. The van der Waals surface area contributed by atoms with Gasteiger partial charge in [-0.25, -0.2) is 19.4 Å². The number of hydrogen-bond acceptors (Lipinski definition) is 14. The first-order valence-corrected chi connectivity index (χ1v) is 26.8. The third-order valence-corrected chi connectivity index (χ3v) is 12.7. The Kier molecular flexibility index (Phi) is 28.4. The molecule has 0 N–H and O–H groups in total. The van der Waals surface area contributed by atoms with E-state index in [1.807, 2.05) is 42.5 Å². The number of amides is 2. The van der Waals surface area contributed by atoms with Crippen molar-refractivity contribution in [1.82, 2.24) is 4.90 Å². The number of methoxy groups -OCH3 is 2. The molecule has 78 heavy (non-hydrogen) atoms. The van der Waals surface area contributed by atoms with Gasteiger partial charge in [0.15, 0.2) is 17.8 Å². The Balaban J connectivity index is 0.000000246. The monoisotopic (exact) mass is 1120 g/mol. The molecule has 10 rings (SSSR count). The summed E-state index contributed by atoms with van der Waals surface area (Å²) in [5.41, 5.74) is 5.79. The number of benzene rings is 4. The Hall–Kier alpha value is -5.82. The fourth-order valence-electron chi connectivity index (χ4n) is 8.45. The van der Waals surface area contributed by atoms with Crippen LogP contribution in [0, 0.1) is 0 Å². The van der Waals surface area contributed by atoms with Gasteiger partial charge in [0.1, 0.15) is 23.0 Å². The van der Waals surface area contributed by atoms with Gasteiger partial charge in [0.25, 0.3) is 11.8 Å². The molecule has 411 valence electrons. The maximum atomic E-state index is 12.9. The van der Waals surface area contributed by atoms with Crippen LogP contribution in [0.15, 0.2) is 109 Å². The van der Waals surface area contributed by atoms with E-state index in [0.29, 0.717) is 64.9 Å². The number of nitrogens with zero attached hydrogens (tertiary/aromatic N) is 3. The maximum Gasteiger partial charge on any atom is 1.00 e. The van der Waals surface area contributed by atoms with Crippen molar-refractivity contribution in [2.24, 2.45) is 0 Å². The molecule has 3 aliphatic carbocycles. The van der Waals surface area contributed by atoms with Crippen LogP contribution in [0.3, 0.4) is 0 Å². The van der Waals surface area contributed by atoms with Crippen molar-refractivity contribution in [2.45, 2.75) is 110 Å². The van der Waals surface area contributed by atoms with E-state index >= 15 is 0 Å². The van der Waals surface area contributed by atoms with E-state index in [4.69, 9.17) is 42.1 Å². The summed E-state index contributed by atoms with van der Waals surface area (Å²) in [4.78, 5) is 79.2. The Morgan fingerprint density at radius 2 is 1.00 bits per heavy atom. The molecule has 6 aliphatic rings. The normalized spacial score (nSPS) is 15.9. The topological polar surface area (TPSA) is 177 Å². The summed E-state index contributed by atoms with van der Waals surface area (Å²) in [6.07, 6.45) is 19.4. The Morgan fingerprint density at radius 3 is 1.36 bits per heavy atom. The van der Waals surface area contributed by atoms with Crippen LogP contribution < -0.4 is 58.3 Å². The minimum atomic E-state index is -0.639. The van der Waals surface area contributed by atoms with Gasteiger partial charge in [0.05, 0.1) is 25.1 Å². The fourth-order valence-corrected chi connectivity index (χ4v) is 8.45. The number of carbonyl (C=O) groups is 6. The predicted octanol–water partition coefficient (Wildman–Crippen LogP) is 8.21. The summed E-state index contributed by atoms with van der Waals surface area (Å²) < 4.78 is 26.1. The summed E-state index contributed by atoms with van der Waals surface area (Å²) in [5.74, 6) is 2.66. The van der Waals surface area contributed by atoms with Crippen LogP contribution in [0.4, 0.5) is 11.4 Å². The van der Waals surface area contributed by atoms with Crippen molar-refractivity contribution >= 4 is 78.6 Å². The first-order valence-electron chi connectivity index (χ1n) is 25.7. The number of aldehydes is 1. The van der Waals surface area contributed by atoms with E-state index in [1.54, 1.807) is 41.2 Å². The second-order valence-corrected chi connectivity index (χ2v) is 19.3. The molecule has 1 saturated heterocycles. The van der Waals surface area contributed by atoms with Crippen molar-refractivity contribution in [3.05, 3.63) is 131 Å². The summed E-state index contributed by atoms with van der Waals surface area (Å²) in [5, 5.41) is 0.194. The number of anilines is 2. The summed E-state index contributed by atoms with van der Waals surface area (Å²) in [6.45, 7) is 7.61. The van der Waals surface area contributed by atoms with Gasteiger partial charge in [-0.1, -0.05) is 62.4 Å². The fraction of sp³-hybridized carbons (Fsp3) is 0.414. The van der Waals surface area contributed by atoms with Crippen LogP contribution in [0.1, 0.15) is 130 Å².